The number of pyridine rings is 2. The molecule has 1 N–H and O–H groups in total. The molecule has 0 aliphatic heterocycles. The highest BCUT2D eigenvalue weighted by atomic mass is 16.1. The van der Waals surface area contributed by atoms with Crippen LogP contribution >= 0.6 is 0 Å². The van der Waals surface area contributed by atoms with Gasteiger partial charge < -0.3 is 4.98 Å². The molecule has 0 unspecified atom stereocenters. The third kappa shape index (κ3) is 1.77. The number of hydrogen-bond acceptors (Lipinski definition) is 2. The van der Waals surface area contributed by atoms with Crippen LogP contribution in [0.2, 0.25) is 0 Å². The SMILES string of the molecule is CC(C)(C)c1cc2cnccc2[nH]c1=O. The summed E-state index contributed by atoms with van der Waals surface area (Å²) in [5.74, 6) is 0. The Morgan fingerprint density at radius 3 is 2.73 bits per heavy atom. The number of fused-ring (bicyclic) bond motifs is 1. The van der Waals surface area contributed by atoms with Crippen LogP contribution in [0.15, 0.2) is 29.3 Å². The van der Waals surface area contributed by atoms with E-state index in [1.54, 1.807) is 12.4 Å². The molecule has 2 aromatic rings. The molecule has 2 aromatic heterocycles. The molecule has 0 fully saturated rings. The van der Waals surface area contributed by atoms with Crippen molar-refractivity contribution in [1.82, 2.24) is 9.97 Å². The number of H-pyrrole nitrogens is 1. The zero-order valence-electron chi connectivity index (χ0n) is 9.16. The molecule has 0 radical (unpaired) electrons. The first-order chi connectivity index (χ1) is 6.98. The van der Waals surface area contributed by atoms with E-state index in [0.717, 1.165) is 16.5 Å². The van der Waals surface area contributed by atoms with E-state index in [1.807, 2.05) is 32.9 Å². The van der Waals surface area contributed by atoms with Gasteiger partial charge in [0.15, 0.2) is 0 Å². The minimum absolute atomic E-state index is 0.0128. The fourth-order valence-electron chi connectivity index (χ4n) is 1.60. The fraction of sp³-hybridized carbons (Fsp3) is 0.333. The lowest BCUT2D eigenvalue weighted by Crippen LogP contribution is -2.24. The van der Waals surface area contributed by atoms with E-state index in [1.165, 1.54) is 0 Å². The molecule has 0 aliphatic rings. The van der Waals surface area contributed by atoms with Crippen LogP contribution in [0.3, 0.4) is 0 Å². The molecule has 15 heavy (non-hydrogen) atoms. The van der Waals surface area contributed by atoms with Crippen LogP contribution in [0.5, 0.6) is 0 Å². The van der Waals surface area contributed by atoms with E-state index in [2.05, 4.69) is 9.97 Å². The highest BCUT2D eigenvalue weighted by Crippen LogP contribution is 2.20. The Labute approximate surface area is 88.2 Å². The molecule has 2 heterocycles. The molecular formula is C12H14N2O. The second-order valence-corrected chi connectivity index (χ2v) is 4.73. The van der Waals surface area contributed by atoms with Crippen molar-refractivity contribution in [3.63, 3.8) is 0 Å². The molecule has 0 bridgehead atoms. The van der Waals surface area contributed by atoms with Crippen LogP contribution in [-0.4, -0.2) is 9.97 Å². The second kappa shape index (κ2) is 3.19. The van der Waals surface area contributed by atoms with Gasteiger partial charge in [-0.15, -0.1) is 0 Å². The van der Waals surface area contributed by atoms with Gasteiger partial charge in [0.25, 0.3) is 5.56 Å². The summed E-state index contributed by atoms with van der Waals surface area (Å²) in [4.78, 5) is 18.7. The van der Waals surface area contributed by atoms with Crippen molar-refractivity contribution in [2.24, 2.45) is 0 Å². The van der Waals surface area contributed by atoms with Crippen molar-refractivity contribution >= 4 is 10.9 Å². The predicted molar refractivity (Wildman–Crippen MR) is 61.1 cm³/mol. The van der Waals surface area contributed by atoms with Gasteiger partial charge in [-0.25, -0.2) is 0 Å². The summed E-state index contributed by atoms with van der Waals surface area (Å²) in [7, 11) is 0. The summed E-state index contributed by atoms with van der Waals surface area (Å²) in [5.41, 5.74) is 1.48. The van der Waals surface area contributed by atoms with E-state index in [9.17, 15) is 4.79 Å². The Balaban J connectivity index is 2.79. The van der Waals surface area contributed by atoms with Gasteiger partial charge in [-0.1, -0.05) is 20.8 Å². The quantitative estimate of drug-likeness (QED) is 0.712. The third-order valence-electron chi connectivity index (χ3n) is 2.45. The Hall–Kier alpha value is -1.64. The molecule has 2 rings (SSSR count). The zero-order chi connectivity index (χ0) is 11.1. The number of nitrogens with zero attached hydrogens (tertiary/aromatic N) is 1. The van der Waals surface area contributed by atoms with Crippen LogP contribution in [0.25, 0.3) is 10.9 Å². The largest absolute Gasteiger partial charge is 0.322 e. The normalized spacial score (nSPS) is 11.9. The Morgan fingerprint density at radius 1 is 1.33 bits per heavy atom. The number of aromatic amines is 1. The van der Waals surface area contributed by atoms with Crippen molar-refractivity contribution in [3.05, 3.63) is 40.4 Å². The van der Waals surface area contributed by atoms with Gasteiger partial charge in [-0.3, -0.25) is 9.78 Å². The number of nitrogens with one attached hydrogen (secondary N) is 1. The standard InChI is InChI=1S/C12H14N2O/c1-12(2,3)9-6-8-7-13-5-4-10(8)14-11(9)15/h4-7H,1-3H3,(H,14,15). The number of hydrogen-bond donors (Lipinski definition) is 1. The average molecular weight is 202 g/mol. The Bertz CT molecular complexity index is 549. The van der Waals surface area contributed by atoms with Gasteiger partial charge in [0, 0.05) is 23.3 Å². The van der Waals surface area contributed by atoms with Crippen molar-refractivity contribution in [2.75, 3.05) is 0 Å². The van der Waals surface area contributed by atoms with Crippen LogP contribution in [0, 0.1) is 0 Å². The molecule has 78 valence electrons. The fourth-order valence-corrected chi connectivity index (χ4v) is 1.60. The summed E-state index contributed by atoms with van der Waals surface area (Å²) in [6.07, 6.45) is 3.44. The molecule has 0 saturated heterocycles. The molecule has 3 nitrogen and oxygen atoms in total. The number of aromatic nitrogens is 2. The van der Waals surface area contributed by atoms with Crippen molar-refractivity contribution in [2.45, 2.75) is 26.2 Å². The molecule has 0 saturated carbocycles. The first-order valence-electron chi connectivity index (χ1n) is 4.96. The summed E-state index contributed by atoms with van der Waals surface area (Å²) in [6.45, 7) is 6.08. The topological polar surface area (TPSA) is 45.8 Å². The van der Waals surface area contributed by atoms with Crippen LogP contribution in [0.1, 0.15) is 26.3 Å². The van der Waals surface area contributed by atoms with Gasteiger partial charge >= 0.3 is 0 Å². The summed E-state index contributed by atoms with van der Waals surface area (Å²) < 4.78 is 0. The van der Waals surface area contributed by atoms with Crippen LogP contribution in [0.4, 0.5) is 0 Å². The number of rotatable bonds is 0. The van der Waals surface area contributed by atoms with Gasteiger partial charge in [-0.05, 0) is 17.5 Å². The van der Waals surface area contributed by atoms with E-state index >= 15 is 0 Å². The first kappa shape index (κ1) is 9.90. The van der Waals surface area contributed by atoms with Crippen molar-refractivity contribution in [3.8, 4) is 0 Å². The lowest BCUT2D eigenvalue weighted by Gasteiger charge is -2.17. The smallest absolute Gasteiger partial charge is 0.252 e. The highest BCUT2D eigenvalue weighted by molar-refractivity contribution is 5.77. The predicted octanol–water partition coefficient (Wildman–Crippen LogP) is 2.22. The summed E-state index contributed by atoms with van der Waals surface area (Å²) in [5, 5.41) is 0.974. The van der Waals surface area contributed by atoms with E-state index in [0.29, 0.717) is 0 Å². The molecule has 0 atom stereocenters. The minimum Gasteiger partial charge on any atom is -0.322 e. The maximum absolute atomic E-state index is 11.8. The van der Waals surface area contributed by atoms with Crippen molar-refractivity contribution in [1.29, 1.82) is 0 Å². The summed E-state index contributed by atoms with van der Waals surface area (Å²) >= 11 is 0. The van der Waals surface area contributed by atoms with Gasteiger partial charge in [0.1, 0.15) is 0 Å². The lowest BCUT2D eigenvalue weighted by molar-refractivity contribution is 0.583. The second-order valence-electron chi connectivity index (χ2n) is 4.73. The molecule has 0 spiro atoms. The molecule has 0 aromatic carbocycles. The molecule has 3 heteroatoms. The van der Waals surface area contributed by atoms with E-state index in [4.69, 9.17) is 0 Å². The first-order valence-corrected chi connectivity index (χ1v) is 4.96. The highest BCUT2D eigenvalue weighted by Gasteiger charge is 2.17. The van der Waals surface area contributed by atoms with E-state index < -0.39 is 0 Å². The Morgan fingerprint density at radius 2 is 2.07 bits per heavy atom. The average Bonchev–Trinajstić information content (AvgIpc) is 2.15. The molecular weight excluding hydrogens is 188 g/mol. The monoisotopic (exact) mass is 202 g/mol. The Kier molecular flexibility index (Phi) is 2.11. The maximum Gasteiger partial charge on any atom is 0.252 e. The minimum atomic E-state index is -0.141. The van der Waals surface area contributed by atoms with Gasteiger partial charge in [-0.2, -0.15) is 0 Å². The lowest BCUT2D eigenvalue weighted by atomic mass is 9.87. The zero-order valence-corrected chi connectivity index (χ0v) is 9.16. The van der Waals surface area contributed by atoms with Gasteiger partial charge in [0.05, 0.1) is 5.52 Å². The third-order valence-corrected chi connectivity index (χ3v) is 2.45. The molecule has 0 amide bonds. The molecule has 0 aliphatic carbocycles. The van der Waals surface area contributed by atoms with Crippen LogP contribution in [-0.2, 0) is 5.41 Å². The van der Waals surface area contributed by atoms with Crippen molar-refractivity contribution < 1.29 is 0 Å². The maximum atomic E-state index is 11.8. The van der Waals surface area contributed by atoms with E-state index in [-0.39, 0.29) is 11.0 Å². The van der Waals surface area contributed by atoms with Gasteiger partial charge in [0.2, 0.25) is 0 Å². The summed E-state index contributed by atoms with van der Waals surface area (Å²) in [6, 6.07) is 3.73. The van der Waals surface area contributed by atoms with Crippen LogP contribution < -0.4 is 5.56 Å².